The molecule has 1 N–H and O–H groups in total. The van der Waals surface area contributed by atoms with E-state index in [2.05, 4.69) is 34.0 Å². The standard InChI is InChI=1S/C14H22N4O/c1-3-5-13(11-15)18-9-7-17(8-10-18)12-14(19)16-6-4-2/h2,13H,3,5-10,12H2,1H3,(H,16,19). The van der Waals surface area contributed by atoms with Crippen LogP contribution in [-0.4, -0.2) is 61.0 Å². The van der Waals surface area contributed by atoms with E-state index in [1.807, 2.05) is 0 Å². The zero-order valence-electron chi connectivity index (χ0n) is 11.6. The third-order valence-corrected chi connectivity index (χ3v) is 3.31. The van der Waals surface area contributed by atoms with E-state index in [9.17, 15) is 4.79 Å². The molecule has 1 unspecified atom stereocenters. The number of amides is 1. The lowest BCUT2D eigenvalue weighted by Gasteiger charge is -2.36. The van der Waals surface area contributed by atoms with E-state index in [0.29, 0.717) is 6.54 Å². The van der Waals surface area contributed by atoms with E-state index >= 15 is 0 Å². The summed E-state index contributed by atoms with van der Waals surface area (Å²) in [5.41, 5.74) is 0. The highest BCUT2D eigenvalue weighted by molar-refractivity contribution is 5.78. The number of hydrogen-bond acceptors (Lipinski definition) is 4. The summed E-state index contributed by atoms with van der Waals surface area (Å²) in [5.74, 6) is 2.35. The van der Waals surface area contributed by atoms with Crippen LogP contribution in [-0.2, 0) is 4.79 Å². The molecule has 1 aliphatic rings. The lowest BCUT2D eigenvalue weighted by Crippen LogP contribution is -2.52. The summed E-state index contributed by atoms with van der Waals surface area (Å²) >= 11 is 0. The van der Waals surface area contributed by atoms with Crippen LogP contribution in [0.1, 0.15) is 19.8 Å². The zero-order valence-corrected chi connectivity index (χ0v) is 11.6. The highest BCUT2D eigenvalue weighted by atomic mass is 16.2. The van der Waals surface area contributed by atoms with Gasteiger partial charge >= 0.3 is 0 Å². The molecule has 0 radical (unpaired) electrons. The molecule has 0 spiro atoms. The molecule has 5 nitrogen and oxygen atoms in total. The Balaban J connectivity index is 2.31. The van der Waals surface area contributed by atoms with Crippen molar-refractivity contribution in [3.63, 3.8) is 0 Å². The van der Waals surface area contributed by atoms with E-state index in [0.717, 1.165) is 39.0 Å². The Morgan fingerprint density at radius 1 is 1.42 bits per heavy atom. The molecule has 19 heavy (non-hydrogen) atoms. The molecule has 0 aromatic carbocycles. The molecule has 1 rings (SSSR count). The highest BCUT2D eigenvalue weighted by Crippen LogP contribution is 2.10. The van der Waals surface area contributed by atoms with Crippen LogP contribution < -0.4 is 5.32 Å². The van der Waals surface area contributed by atoms with Crippen molar-refractivity contribution in [1.82, 2.24) is 15.1 Å². The molecule has 0 aliphatic carbocycles. The van der Waals surface area contributed by atoms with Gasteiger partial charge in [0.1, 0.15) is 0 Å². The quantitative estimate of drug-likeness (QED) is 0.687. The van der Waals surface area contributed by atoms with Gasteiger partial charge in [-0.3, -0.25) is 14.6 Å². The van der Waals surface area contributed by atoms with Crippen molar-refractivity contribution in [3.8, 4) is 18.4 Å². The van der Waals surface area contributed by atoms with Crippen molar-refractivity contribution >= 4 is 5.91 Å². The Kier molecular flexibility index (Phi) is 6.95. The second-order valence-corrected chi connectivity index (χ2v) is 4.73. The minimum absolute atomic E-state index is 0.0161. The number of piperazine rings is 1. The molecule has 1 fully saturated rings. The van der Waals surface area contributed by atoms with Gasteiger partial charge in [0.2, 0.25) is 5.91 Å². The number of nitriles is 1. The molecule has 104 valence electrons. The van der Waals surface area contributed by atoms with Crippen molar-refractivity contribution in [2.75, 3.05) is 39.3 Å². The summed E-state index contributed by atoms with van der Waals surface area (Å²) in [7, 11) is 0. The largest absolute Gasteiger partial charge is 0.344 e. The second-order valence-electron chi connectivity index (χ2n) is 4.73. The first kappa shape index (κ1) is 15.5. The van der Waals surface area contributed by atoms with Crippen molar-refractivity contribution in [2.24, 2.45) is 0 Å². The van der Waals surface area contributed by atoms with Crippen LogP contribution in [0.3, 0.4) is 0 Å². The summed E-state index contributed by atoms with van der Waals surface area (Å²) in [6.07, 6.45) is 7.03. The van der Waals surface area contributed by atoms with Crippen molar-refractivity contribution in [2.45, 2.75) is 25.8 Å². The van der Waals surface area contributed by atoms with Crippen LogP contribution in [0.15, 0.2) is 0 Å². The smallest absolute Gasteiger partial charge is 0.234 e. The SMILES string of the molecule is C#CCNC(=O)CN1CCN(C(C#N)CCC)CC1. The van der Waals surface area contributed by atoms with Gasteiger partial charge in [-0.2, -0.15) is 5.26 Å². The maximum absolute atomic E-state index is 11.5. The Bertz CT molecular complexity index is 361. The fraction of sp³-hybridized carbons (Fsp3) is 0.714. The van der Waals surface area contributed by atoms with Gasteiger partial charge in [0.25, 0.3) is 0 Å². The summed E-state index contributed by atoms with van der Waals surface area (Å²) in [4.78, 5) is 15.8. The monoisotopic (exact) mass is 262 g/mol. The zero-order chi connectivity index (χ0) is 14.1. The summed E-state index contributed by atoms with van der Waals surface area (Å²) < 4.78 is 0. The number of carbonyl (C=O) groups excluding carboxylic acids is 1. The van der Waals surface area contributed by atoms with Gasteiger partial charge in [0.15, 0.2) is 0 Å². The number of carbonyl (C=O) groups is 1. The molecule has 0 aromatic rings. The number of terminal acetylenes is 1. The minimum atomic E-state index is -0.0307. The van der Waals surface area contributed by atoms with Gasteiger partial charge in [-0.1, -0.05) is 19.3 Å². The van der Waals surface area contributed by atoms with E-state index in [1.54, 1.807) is 0 Å². The Morgan fingerprint density at radius 2 is 2.11 bits per heavy atom. The lowest BCUT2D eigenvalue weighted by atomic mass is 10.1. The van der Waals surface area contributed by atoms with Crippen LogP contribution in [0.4, 0.5) is 0 Å². The maximum atomic E-state index is 11.5. The fourth-order valence-corrected chi connectivity index (χ4v) is 2.24. The highest BCUT2D eigenvalue weighted by Gasteiger charge is 2.23. The van der Waals surface area contributed by atoms with Gasteiger partial charge < -0.3 is 5.32 Å². The maximum Gasteiger partial charge on any atom is 0.234 e. The number of nitrogens with one attached hydrogen (secondary N) is 1. The van der Waals surface area contributed by atoms with E-state index in [1.165, 1.54) is 0 Å². The van der Waals surface area contributed by atoms with Crippen molar-refractivity contribution in [3.05, 3.63) is 0 Å². The van der Waals surface area contributed by atoms with Gasteiger partial charge in [-0.15, -0.1) is 6.42 Å². The summed E-state index contributed by atoms with van der Waals surface area (Å²) in [5, 5.41) is 11.8. The molecule has 1 atom stereocenters. The van der Waals surface area contributed by atoms with Crippen molar-refractivity contribution in [1.29, 1.82) is 5.26 Å². The van der Waals surface area contributed by atoms with E-state index in [-0.39, 0.29) is 18.5 Å². The third-order valence-electron chi connectivity index (χ3n) is 3.31. The van der Waals surface area contributed by atoms with Crippen molar-refractivity contribution < 1.29 is 4.79 Å². The topological polar surface area (TPSA) is 59.4 Å². The first-order valence-electron chi connectivity index (χ1n) is 6.77. The molecule has 0 aromatic heterocycles. The van der Waals surface area contributed by atoms with Crippen LogP contribution in [0, 0.1) is 23.7 Å². The number of nitrogens with zero attached hydrogens (tertiary/aromatic N) is 3. The average molecular weight is 262 g/mol. The first-order chi connectivity index (χ1) is 9.21. The Morgan fingerprint density at radius 3 is 2.63 bits per heavy atom. The van der Waals surface area contributed by atoms with Crippen LogP contribution in [0.5, 0.6) is 0 Å². The predicted octanol–water partition coefficient (Wildman–Crippen LogP) is 0.0457. The second kappa shape index (κ2) is 8.53. The Hall–Kier alpha value is -1.56. The number of rotatable bonds is 6. The van der Waals surface area contributed by atoms with E-state index < -0.39 is 0 Å². The van der Waals surface area contributed by atoms with Gasteiger partial charge in [0.05, 0.1) is 25.2 Å². The normalized spacial score (nSPS) is 18.3. The molecule has 0 bridgehead atoms. The molecular weight excluding hydrogens is 240 g/mol. The molecule has 0 saturated carbocycles. The van der Waals surface area contributed by atoms with Gasteiger partial charge in [-0.25, -0.2) is 0 Å². The van der Waals surface area contributed by atoms with E-state index in [4.69, 9.17) is 11.7 Å². The summed E-state index contributed by atoms with van der Waals surface area (Å²) in [6.45, 7) is 6.11. The molecule has 1 saturated heterocycles. The van der Waals surface area contributed by atoms with Crippen LogP contribution >= 0.6 is 0 Å². The third kappa shape index (κ3) is 5.30. The number of hydrogen-bond donors (Lipinski definition) is 1. The minimum Gasteiger partial charge on any atom is -0.344 e. The molecular formula is C14H22N4O. The first-order valence-corrected chi connectivity index (χ1v) is 6.77. The molecule has 1 aliphatic heterocycles. The lowest BCUT2D eigenvalue weighted by molar-refractivity contribution is -0.122. The average Bonchev–Trinajstić information content (AvgIpc) is 2.43. The van der Waals surface area contributed by atoms with Crippen LogP contribution in [0.2, 0.25) is 0 Å². The van der Waals surface area contributed by atoms with Gasteiger partial charge in [0, 0.05) is 26.2 Å². The summed E-state index contributed by atoms with van der Waals surface area (Å²) in [6, 6.07) is 2.38. The van der Waals surface area contributed by atoms with Gasteiger partial charge in [-0.05, 0) is 6.42 Å². The molecule has 5 heteroatoms. The Labute approximate surface area is 115 Å². The fourth-order valence-electron chi connectivity index (χ4n) is 2.24. The predicted molar refractivity (Wildman–Crippen MR) is 74.2 cm³/mol. The molecule has 1 heterocycles. The van der Waals surface area contributed by atoms with Crippen LogP contribution in [0.25, 0.3) is 0 Å². The molecule has 1 amide bonds.